The third kappa shape index (κ3) is 6.20. The summed E-state index contributed by atoms with van der Waals surface area (Å²) in [6, 6.07) is 0. The first-order valence-corrected chi connectivity index (χ1v) is 9.04. The Balaban J connectivity index is 6.17. The van der Waals surface area contributed by atoms with E-state index in [4.69, 9.17) is 0 Å². The van der Waals surface area contributed by atoms with Gasteiger partial charge in [-0.2, -0.15) is 0 Å². The standard InChI is InChI=1S/C22H41N/c1-13-17(5)23(22(11,12)15-21(8,9)10)20(14-2)19(7)18(6)16(3)4/h13-14,16,18H,2,15H2,1,3-12H3/b17-13+,20-19+/t18-/m1/s1. The van der Waals surface area contributed by atoms with Crippen LogP contribution in [0.15, 0.2) is 35.7 Å². The molecule has 1 atom stereocenters. The van der Waals surface area contributed by atoms with Crippen molar-refractivity contribution in [2.75, 3.05) is 0 Å². The molecule has 0 aliphatic heterocycles. The van der Waals surface area contributed by atoms with Gasteiger partial charge in [0.15, 0.2) is 0 Å². The molecule has 0 aliphatic carbocycles. The maximum atomic E-state index is 4.14. The van der Waals surface area contributed by atoms with Gasteiger partial charge in [-0.1, -0.05) is 54.2 Å². The summed E-state index contributed by atoms with van der Waals surface area (Å²) in [5, 5.41) is 0. The van der Waals surface area contributed by atoms with Gasteiger partial charge in [-0.15, -0.1) is 0 Å². The fourth-order valence-electron chi connectivity index (χ4n) is 3.66. The van der Waals surface area contributed by atoms with Crippen molar-refractivity contribution in [1.29, 1.82) is 0 Å². The highest BCUT2D eigenvalue weighted by atomic mass is 15.2. The minimum Gasteiger partial charge on any atom is -0.340 e. The van der Waals surface area contributed by atoms with Gasteiger partial charge in [0, 0.05) is 16.9 Å². The highest BCUT2D eigenvalue weighted by Gasteiger charge is 2.34. The van der Waals surface area contributed by atoms with Gasteiger partial charge < -0.3 is 4.90 Å². The Bertz CT molecular complexity index is 455. The molecule has 0 saturated heterocycles. The van der Waals surface area contributed by atoms with Crippen molar-refractivity contribution in [3.8, 4) is 0 Å². The van der Waals surface area contributed by atoms with Crippen LogP contribution in [0.2, 0.25) is 0 Å². The molecule has 0 aromatic rings. The molecular weight excluding hydrogens is 278 g/mol. The quantitative estimate of drug-likeness (QED) is 0.449. The Morgan fingerprint density at radius 3 is 1.83 bits per heavy atom. The van der Waals surface area contributed by atoms with Gasteiger partial charge in [0.1, 0.15) is 0 Å². The lowest BCUT2D eigenvalue weighted by Gasteiger charge is -2.46. The first-order valence-electron chi connectivity index (χ1n) is 9.04. The van der Waals surface area contributed by atoms with E-state index in [0.717, 1.165) is 6.42 Å². The van der Waals surface area contributed by atoms with Crippen LogP contribution >= 0.6 is 0 Å². The minimum absolute atomic E-state index is 0.0380. The Labute approximate surface area is 146 Å². The molecule has 23 heavy (non-hydrogen) atoms. The summed E-state index contributed by atoms with van der Waals surface area (Å²) >= 11 is 0. The van der Waals surface area contributed by atoms with Gasteiger partial charge >= 0.3 is 0 Å². The predicted molar refractivity (Wildman–Crippen MR) is 106 cm³/mol. The first kappa shape index (κ1) is 22.0. The van der Waals surface area contributed by atoms with Crippen molar-refractivity contribution >= 4 is 0 Å². The van der Waals surface area contributed by atoms with Gasteiger partial charge in [-0.25, -0.2) is 0 Å². The van der Waals surface area contributed by atoms with Crippen LogP contribution in [-0.4, -0.2) is 10.4 Å². The number of rotatable bonds is 7. The second-order valence-electron chi connectivity index (χ2n) is 9.12. The summed E-state index contributed by atoms with van der Waals surface area (Å²) in [5.41, 5.74) is 4.31. The molecule has 0 unspecified atom stereocenters. The van der Waals surface area contributed by atoms with Crippen LogP contribution in [0.1, 0.15) is 82.6 Å². The van der Waals surface area contributed by atoms with Crippen LogP contribution in [0, 0.1) is 17.3 Å². The molecule has 0 saturated carbocycles. The molecule has 0 radical (unpaired) electrons. The predicted octanol–water partition coefficient (Wildman–Crippen LogP) is 7.18. The summed E-state index contributed by atoms with van der Waals surface area (Å²) in [7, 11) is 0. The fourth-order valence-corrected chi connectivity index (χ4v) is 3.66. The third-order valence-corrected chi connectivity index (χ3v) is 4.86. The van der Waals surface area contributed by atoms with Crippen molar-refractivity contribution in [2.45, 2.75) is 88.1 Å². The second-order valence-corrected chi connectivity index (χ2v) is 9.12. The van der Waals surface area contributed by atoms with Gasteiger partial charge in [0.2, 0.25) is 0 Å². The number of hydrogen-bond donors (Lipinski definition) is 0. The van der Waals surface area contributed by atoms with Crippen molar-refractivity contribution in [3.05, 3.63) is 35.7 Å². The van der Waals surface area contributed by atoms with Crippen molar-refractivity contribution in [3.63, 3.8) is 0 Å². The molecule has 0 rings (SSSR count). The van der Waals surface area contributed by atoms with E-state index in [2.05, 4.69) is 93.7 Å². The zero-order chi connectivity index (χ0) is 18.6. The average Bonchev–Trinajstić information content (AvgIpc) is 2.39. The smallest absolute Gasteiger partial charge is 0.0399 e. The Hall–Kier alpha value is -0.980. The maximum Gasteiger partial charge on any atom is 0.0399 e. The molecule has 0 fully saturated rings. The molecule has 0 spiro atoms. The van der Waals surface area contributed by atoms with Crippen LogP contribution in [0.25, 0.3) is 0 Å². The summed E-state index contributed by atoms with van der Waals surface area (Å²) in [5.74, 6) is 1.17. The van der Waals surface area contributed by atoms with Crippen molar-refractivity contribution in [2.24, 2.45) is 17.3 Å². The third-order valence-electron chi connectivity index (χ3n) is 4.86. The molecule has 0 heterocycles. The lowest BCUT2D eigenvalue weighted by Crippen LogP contribution is -2.45. The van der Waals surface area contributed by atoms with E-state index in [1.807, 2.05) is 6.08 Å². The molecule has 1 nitrogen and oxygen atoms in total. The molecule has 0 aliphatic rings. The Kier molecular flexibility index (Phi) is 7.87. The average molecular weight is 320 g/mol. The van der Waals surface area contributed by atoms with E-state index in [-0.39, 0.29) is 11.0 Å². The molecule has 134 valence electrons. The van der Waals surface area contributed by atoms with Crippen LogP contribution < -0.4 is 0 Å². The first-order chi connectivity index (χ1) is 10.3. The van der Waals surface area contributed by atoms with E-state index in [9.17, 15) is 0 Å². The Morgan fingerprint density at radius 2 is 1.52 bits per heavy atom. The van der Waals surface area contributed by atoms with Crippen LogP contribution in [0.3, 0.4) is 0 Å². The number of hydrogen-bond acceptors (Lipinski definition) is 1. The SMILES string of the molecule is C=C/C(=C(/C)[C@H](C)C(C)C)N(/C(C)=C/C)C(C)(C)CC(C)(C)C. The maximum absolute atomic E-state index is 4.14. The van der Waals surface area contributed by atoms with Gasteiger partial charge in [-0.05, 0) is 69.9 Å². The van der Waals surface area contributed by atoms with E-state index in [1.54, 1.807) is 0 Å². The molecule has 0 aromatic heterocycles. The van der Waals surface area contributed by atoms with Gasteiger partial charge in [0.05, 0.1) is 0 Å². The Morgan fingerprint density at radius 1 is 1.04 bits per heavy atom. The molecular formula is C22H41N. The molecule has 0 N–H and O–H groups in total. The van der Waals surface area contributed by atoms with E-state index < -0.39 is 0 Å². The molecule has 1 heteroatoms. The van der Waals surface area contributed by atoms with Crippen molar-refractivity contribution in [1.82, 2.24) is 4.90 Å². The van der Waals surface area contributed by atoms with Crippen LogP contribution in [0.4, 0.5) is 0 Å². The van der Waals surface area contributed by atoms with E-state index >= 15 is 0 Å². The molecule has 0 aromatic carbocycles. The normalized spacial score (nSPS) is 16.3. The minimum atomic E-state index is 0.0380. The summed E-state index contributed by atoms with van der Waals surface area (Å²) in [6.45, 7) is 29.3. The summed E-state index contributed by atoms with van der Waals surface area (Å²) in [4.78, 5) is 2.50. The zero-order valence-corrected chi connectivity index (χ0v) is 17.7. The van der Waals surface area contributed by atoms with Crippen molar-refractivity contribution < 1.29 is 0 Å². The lowest BCUT2D eigenvalue weighted by molar-refractivity contribution is 0.144. The number of allylic oxidation sites excluding steroid dienone is 4. The topological polar surface area (TPSA) is 3.24 Å². The zero-order valence-electron chi connectivity index (χ0n) is 17.7. The van der Waals surface area contributed by atoms with Crippen LogP contribution in [-0.2, 0) is 0 Å². The highest BCUT2D eigenvalue weighted by molar-refractivity contribution is 5.30. The molecule has 0 bridgehead atoms. The summed E-state index contributed by atoms with van der Waals surface area (Å²) < 4.78 is 0. The largest absolute Gasteiger partial charge is 0.340 e. The second kappa shape index (κ2) is 8.22. The summed E-state index contributed by atoms with van der Waals surface area (Å²) in [6.07, 6.45) is 5.37. The van der Waals surface area contributed by atoms with Gasteiger partial charge in [0.25, 0.3) is 0 Å². The molecule has 0 amide bonds. The van der Waals surface area contributed by atoms with Gasteiger partial charge in [-0.3, -0.25) is 0 Å². The fraction of sp³-hybridized carbons (Fsp3) is 0.727. The van der Waals surface area contributed by atoms with E-state index in [1.165, 1.54) is 17.0 Å². The highest BCUT2D eigenvalue weighted by Crippen LogP contribution is 2.38. The monoisotopic (exact) mass is 319 g/mol. The lowest BCUT2D eigenvalue weighted by atomic mass is 9.79. The van der Waals surface area contributed by atoms with E-state index in [0.29, 0.717) is 11.8 Å². The number of nitrogens with zero attached hydrogens (tertiary/aromatic N) is 1. The van der Waals surface area contributed by atoms with Crippen LogP contribution in [0.5, 0.6) is 0 Å².